The molecule has 0 aliphatic carbocycles. The molecule has 1 aliphatic heterocycles. The zero-order valence-electron chi connectivity index (χ0n) is 8.96. The molecule has 1 saturated heterocycles. The molecule has 2 nitrogen and oxygen atoms in total. The molecule has 2 N–H and O–H groups in total. The lowest BCUT2D eigenvalue weighted by Gasteiger charge is -2.29. The summed E-state index contributed by atoms with van der Waals surface area (Å²) < 4.78 is 0. The lowest BCUT2D eigenvalue weighted by Crippen LogP contribution is -2.55. The van der Waals surface area contributed by atoms with Crippen molar-refractivity contribution < 1.29 is 0 Å². The summed E-state index contributed by atoms with van der Waals surface area (Å²) in [5.41, 5.74) is 1.35. The van der Waals surface area contributed by atoms with Crippen LogP contribution >= 0.6 is 11.6 Å². The van der Waals surface area contributed by atoms with Crippen molar-refractivity contribution in [1.29, 1.82) is 0 Å². The van der Waals surface area contributed by atoms with Crippen LogP contribution in [0.1, 0.15) is 18.4 Å². The van der Waals surface area contributed by atoms with E-state index >= 15 is 0 Å². The number of rotatable bonds is 4. The molecule has 15 heavy (non-hydrogen) atoms. The standard InChI is InChI=1S/C12H17ClN2/c1-9(6-15-12-7-14-8-12)10-2-4-11(13)5-3-10/h2-5,9,12,14-15H,6-8H2,1H3. The normalized spacial score (nSPS) is 18.5. The van der Waals surface area contributed by atoms with Gasteiger partial charge in [-0.15, -0.1) is 0 Å². The van der Waals surface area contributed by atoms with Crippen LogP contribution in [0.5, 0.6) is 0 Å². The van der Waals surface area contributed by atoms with Gasteiger partial charge in [0.15, 0.2) is 0 Å². The van der Waals surface area contributed by atoms with E-state index in [-0.39, 0.29) is 0 Å². The minimum absolute atomic E-state index is 0.544. The molecule has 1 aromatic carbocycles. The molecule has 1 fully saturated rings. The van der Waals surface area contributed by atoms with E-state index in [0.717, 1.165) is 24.7 Å². The minimum atomic E-state index is 0.544. The highest BCUT2D eigenvalue weighted by Gasteiger charge is 2.16. The van der Waals surface area contributed by atoms with Gasteiger partial charge in [-0.3, -0.25) is 0 Å². The molecular weight excluding hydrogens is 208 g/mol. The maximum atomic E-state index is 5.85. The third-order valence-electron chi connectivity index (χ3n) is 2.93. The Labute approximate surface area is 96.0 Å². The molecule has 2 rings (SSSR count). The van der Waals surface area contributed by atoms with Gasteiger partial charge in [-0.05, 0) is 23.6 Å². The second-order valence-corrected chi connectivity index (χ2v) is 4.65. The van der Waals surface area contributed by atoms with E-state index in [2.05, 4.69) is 29.7 Å². The van der Waals surface area contributed by atoms with E-state index < -0.39 is 0 Å². The Kier molecular flexibility index (Phi) is 3.62. The molecule has 0 radical (unpaired) electrons. The second-order valence-electron chi connectivity index (χ2n) is 4.22. The van der Waals surface area contributed by atoms with Crippen LogP contribution in [0.25, 0.3) is 0 Å². The third-order valence-corrected chi connectivity index (χ3v) is 3.19. The lowest BCUT2D eigenvalue weighted by molar-refractivity contribution is 0.360. The molecule has 1 heterocycles. The number of hydrogen-bond donors (Lipinski definition) is 2. The summed E-state index contributed by atoms with van der Waals surface area (Å²) >= 11 is 5.85. The highest BCUT2D eigenvalue weighted by molar-refractivity contribution is 6.30. The van der Waals surface area contributed by atoms with Gasteiger partial charge in [0.1, 0.15) is 0 Å². The van der Waals surface area contributed by atoms with E-state index in [1.54, 1.807) is 0 Å². The first-order valence-corrected chi connectivity index (χ1v) is 5.83. The predicted molar refractivity (Wildman–Crippen MR) is 64.5 cm³/mol. The van der Waals surface area contributed by atoms with Crippen LogP contribution in [0.15, 0.2) is 24.3 Å². The highest BCUT2D eigenvalue weighted by atomic mass is 35.5. The summed E-state index contributed by atoms with van der Waals surface area (Å²) in [4.78, 5) is 0. The highest BCUT2D eigenvalue weighted by Crippen LogP contribution is 2.17. The van der Waals surface area contributed by atoms with E-state index in [9.17, 15) is 0 Å². The number of hydrogen-bond acceptors (Lipinski definition) is 2. The Balaban J connectivity index is 1.83. The number of nitrogens with one attached hydrogen (secondary N) is 2. The quantitative estimate of drug-likeness (QED) is 0.818. The van der Waals surface area contributed by atoms with Crippen LogP contribution in [0.2, 0.25) is 5.02 Å². The van der Waals surface area contributed by atoms with Crippen molar-refractivity contribution in [3.8, 4) is 0 Å². The van der Waals surface area contributed by atoms with E-state index in [4.69, 9.17) is 11.6 Å². The fourth-order valence-electron chi connectivity index (χ4n) is 1.69. The lowest BCUT2D eigenvalue weighted by atomic mass is 10.0. The molecule has 0 spiro atoms. The summed E-state index contributed by atoms with van der Waals surface area (Å²) in [6.45, 7) is 5.48. The molecular formula is C12H17ClN2. The third kappa shape index (κ3) is 2.94. The monoisotopic (exact) mass is 224 g/mol. The molecule has 0 bridgehead atoms. The first-order chi connectivity index (χ1) is 7.25. The zero-order valence-corrected chi connectivity index (χ0v) is 9.72. The Morgan fingerprint density at radius 3 is 2.60 bits per heavy atom. The van der Waals surface area contributed by atoms with Crippen LogP contribution in [-0.4, -0.2) is 25.7 Å². The Morgan fingerprint density at radius 2 is 2.07 bits per heavy atom. The van der Waals surface area contributed by atoms with Gasteiger partial charge in [0.25, 0.3) is 0 Å². The van der Waals surface area contributed by atoms with E-state index in [1.165, 1.54) is 5.56 Å². The molecule has 0 saturated carbocycles. The van der Waals surface area contributed by atoms with Crippen LogP contribution in [0, 0.1) is 0 Å². The van der Waals surface area contributed by atoms with Crippen molar-refractivity contribution in [3.05, 3.63) is 34.9 Å². The molecule has 82 valence electrons. The van der Waals surface area contributed by atoms with Crippen molar-refractivity contribution in [3.63, 3.8) is 0 Å². The average molecular weight is 225 g/mol. The number of benzene rings is 1. The van der Waals surface area contributed by atoms with Crippen LogP contribution in [-0.2, 0) is 0 Å². The van der Waals surface area contributed by atoms with Crippen molar-refractivity contribution in [2.24, 2.45) is 0 Å². The van der Waals surface area contributed by atoms with Crippen molar-refractivity contribution in [2.45, 2.75) is 18.9 Å². The smallest absolute Gasteiger partial charge is 0.0406 e. The maximum Gasteiger partial charge on any atom is 0.0406 e. The summed E-state index contributed by atoms with van der Waals surface area (Å²) in [5, 5.41) is 7.60. The molecule has 1 aromatic rings. The van der Waals surface area contributed by atoms with E-state index in [0.29, 0.717) is 12.0 Å². The second kappa shape index (κ2) is 4.97. The van der Waals surface area contributed by atoms with Gasteiger partial charge in [0, 0.05) is 30.7 Å². The van der Waals surface area contributed by atoms with Gasteiger partial charge >= 0.3 is 0 Å². The van der Waals surface area contributed by atoms with Gasteiger partial charge in [-0.25, -0.2) is 0 Å². The van der Waals surface area contributed by atoms with Gasteiger partial charge < -0.3 is 10.6 Å². The van der Waals surface area contributed by atoms with Gasteiger partial charge in [0.05, 0.1) is 0 Å². The minimum Gasteiger partial charge on any atom is -0.314 e. The largest absolute Gasteiger partial charge is 0.314 e. The molecule has 0 amide bonds. The van der Waals surface area contributed by atoms with Gasteiger partial charge in [-0.1, -0.05) is 30.7 Å². The van der Waals surface area contributed by atoms with E-state index in [1.807, 2.05) is 12.1 Å². The first-order valence-electron chi connectivity index (χ1n) is 5.45. The van der Waals surface area contributed by atoms with Crippen LogP contribution in [0.4, 0.5) is 0 Å². The zero-order chi connectivity index (χ0) is 10.7. The topological polar surface area (TPSA) is 24.1 Å². The molecule has 1 aliphatic rings. The van der Waals surface area contributed by atoms with Crippen molar-refractivity contribution in [2.75, 3.05) is 19.6 Å². The Hall–Kier alpha value is -0.570. The van der Waals surface area contributed by atoms with Crippen LogP contribution < -0.4 is 10.6 Å². The van der Waals surface area contributed by atoms with Crippen LogP contribution in [0.3, 0.4) is 0 Å². The predicted octanol–water partition coefficient (Wildman–Crippen LogP) is 2.00. The summed E-state index contributed by atoms with van der Waals surface area (Å²) in [6, 6.07) is 8.79. The Bertz CT molecular complexity index is 306. The first kappa shape index (κ1) is 10.9. The summed E-state index contributed by atoms with van der Waals surface area (Å²) in [7, 11) is 0. The summed E-state index contributed by atoms with van der Waals surface area (Å²) in [6.07, 6.45) is 0. The van der Waals surface area contributed by atoms with Gasteiger partial charge in [-0.2, -0.15) is 0 Å². The SMILES string of the molecule is CC(CNC1CNC1)c1ccc(Cl)cc1. The van der Waals surface area contributed by atoms with Gasteiger partial charge in [0.2, 0.25) is 0 Å². The fraction of sp³-hybridized carbons (Fsp3) is 0.500. The fourth-order valence-corrected chi connectivity index (χ4v) is 1.81. The molecule has 3 heteroatoms. The average Bonchev–Trinajstić information content (AvgIpc) is 2.16. The molecule has 1 atom stereocenters. The summed E-state index contributed by atoms with van der Waals surface area (Å²) in [5.74, 6) is 0.544. The van der Waals surface area contributed by atoms with Crippen molar-refractivity contribution >= 4 is 11.6 Å². The Morgan fingerprint density at radius 1 is 1.40 bits per heavy atom. The maximum absolute atomic E-state index is 5.85. The molecule has 0 aromatic heterocycles. The number of halogens is 1. The molecule has 1 unspecified atom stereocenters. The van der Waals surface area contributed by atoms with Crippen molar-refractivity contribution in [1.82, 2.24) is 10.6 Å².